The summed E-state index contributed by atoms with van der Waals surface area (Å²) in [5.41, 5.74) is 2.22. The first-order valence-electron chi connectivity index (χ1n) is 13.1. The van der Waals surface area contributed by atoms with Gasteiger partial charge in [-0.15, -0.1) is 0 Å². The molecule has 208 valence electrons. The van der Waals surface area contributed by atoms with Crippen LogP contribution in [0.4, 0.5) is 5.69 Å². The molecule has 0 bridgehead atoms. The average molecular weight is 615 g/mol. The number of nitrogens with one attached hydrogen (secondary N) is 1. The molecule has 0 saturated heterocycles. The SMILES string of the molecule is CC[C@H](C)NC(=O)[C@H](CC)N(Cc1ccccc1C)C(=O)CN(c1ccc(Br)cc1)S(=O)(=O)c1ccccc1. The molecule has 3 aromatic carbocycles. The van der Waals surface area contributed by atoms with Gasteiger partial charge in [-0.3, -0.25) is 13.9 Å². The Bertz CT molecular complexity index is 1360. The predicted molar refractivity (Wildman–Crippen MR) is 159 cm³/mol. The van der Waals surface area contributed by atoms with E-state index in [2.05, 4.69) is 21.2 Å². The molecule has 0 spiro atoms. The molecule has 0 aliphatic carbocycles. The Balaban J connectivity index is 2.05. The Morgan fingerprint density at radius 1 is 0.897 bits per heavy atom. The highest BCUT2D eigenvalue weighted by Crippen LogP contribution is 2.26. The minimum Gasteiger partial charge on any atom is -0.352 e. The fourth-order valence-electron chi connectivity index (χ4n) is 4.19. The van der Waals surface area contributed by atoms with Gasteiger partial charge in [0.1, 0.15) is 12.6 Å². The molecule has 0 radical (unpaired) electrons. The molecule has 0 aliphatic heterocycles. The van der Waals surface area contributed by atoms with Crippen LogP contribution in [-0.4, -0.2) is 43.8 Å². The van der Waals surface area contributed by atoms with Gasteiger partial charge in [-0.05, 0) is 74.2 Å². The molecule has 0 aliphatic rings. The van der Waals surface area contributed by atoms with Crippen molar-refractivity contribution in [2.24, 2.45) is 0 Å². The van der Waals surface area contributed by atoms with Crippen molar-refractivity contribution in [1.29, 1.82) is 0 Å². The van der Waals surface area contributed by atoms with Gasteiger partial charge in [0.25, 0.3) is 10.0 Å². The van der Waals surface area contributed by atoms with E-state index in [9.17, 15) is 18.0 Å². The number of nitrogens with zero attached hydrogens (tertiary/aromatic N) is 2. The van der Waals surface area contributed by atoms with Gasteiger partial charge in [-0.2, -0.15) is 0 Å². The van der Waals surface area contributed by atoms with Crippen LogP contribution in [0.15, 0.2) is 88.2 Å². The second-order valence-electron chi connectivity index (χ2n) is 9.49. The lowest BCUT2D eigenvalue weighted by atomic mass is 10.1. The number of halogens is 1. The Hall–Kier alpha value is -3.17. The predicted octanol–water partition coefficient (Wildman–Crippen LogP) is 5.67. The van der Waals surface area contributed by atoms with Crippen molar-refractivity contribution in [2.45, 2.75) is 64.1 Å². The molecule has 2 atom stereocenters. The highest BCUT2D eigenvalue weighted by Gasteiger charge is 2.34. The van der Waals surface area contributed by atoms with Crippen molar-refractivity contribution in [2.75, 3.05) is 10.8 Å². The minimum absolute atomic E-state index is 0.0558. The number of sulfonamides is 1. The van der Waals surface area contributed by atoms with E-state index in [1.165, 1.54) is 17.0 Å². The molecule has 7 nitrogen and oxygen atoms in total. The third-order valence-electron chi connectivity index (χ3n) is 6.71. The second-order valence-corrected chi connectivity index (χ2v) is 12.3. The van der Waals surface area contributed by atoms with E-state index in [1.807, 2.05) is 52.0 Å². The van der Waals surface area contributed by atoms with Crippen LogP contribution < -0.4 is 9.62 Å². The number of carbonyl (C=O) groups excluding carboxylic acids is 2. The van der Waals surface area contributed by atoms with Crippen molar-refractivity contribution in [1.82, 2.24) is 10.2 Å². The van der Waals surface area contributed by atoms with Crippen LogP contribution in [-0.2, 0) is 26.2 Å². The van der Waals surface area contributed by atoms with Crippen LogP contribution in [0.1, 0.15) is 44.7 Å². The van der Waals surface area contributed by atoms with Gasteiger partial charge in [0.2, 0.25) is 11.8 Å². The molecule has 39 heavy (non-hydrogen) atoms. The lowest BCUT2D eigenvalue weighted by Gasteiger charge is -2.34. The zero-order valence-corrected chi connectivity index (χ0v) is 25.2. The third kappa shape index (κ3) is 7.70. The Morgan fingerprint density at radius 3 is 2.10 bits per heavy atom. The molecule has 0 saturated carbocycles. The highest BCUT2D eigenvalue weighted by atomic mass is 79.9. The van der Waals surface area contributed by atoms with Gasteiger partial charge < -0.3 is 10.2 Å². The van der Waals surface area contributed by atoms with E-state index in [1.54, 1.807) is 42.5 Å². The van der Waals surface area contributed by atoms with E-state index < -0.39 is 28.5 Å². The lowest BCUT2D eigenvalue weighted by molar-refractivity contribution is -0.140. The lowest BCUT2D eigenvalue weighted by Crippen LogP contribution is -2.53. The van der Waals surface area contributed by atoms with Crippen LogP contribution in [0.25, 0.3) is 0 Å². The number of anilines is 1. The molecular weight excluding hydrogens is 578 g/mol. The number of carbonyl (C=O) groups is 2. The standard InChI is InChI=1S/C30H36BrN3O4S/c1-5-23(4)32-30(36)28(6-2)33(20-24-13-11-10-12-22(24)3)29(35)21-34(26-18-16-25(31)17-19-26)39(37,38)27-14-8-7-9-15-27/h7-19,23,28H,5-6,20-21H2,1-4H3,(H,32,36)/t23-,28-/m0/s1. The maximum absolute atomic E-state index is 14.1. The van der Waals surface area contributed by atoms with Gasteiger partial charge >= 0.3 is 0 Å². The summed E-state index contributed by atoms with van der Waals surface area (Å²) >= 11 is 3.39. The maximum Gasteiger partial charge on any atom is 0.264 e. The average Bonchev–Trinajstić information content (AvgIpc) is 2.93. The molecular formula is C30H36BrN3O4S. The summed E-state index contributed by atoms with van der Waals surface area (Å²) in [6.45, 7) is 7.42. The van der Waals surface area contributed by atoms with Gasteiger partial charge in [0.05, 0.1) is 10.6 Å². The molecule has 3 aromatic rings. The largest absolute Gasteiger partial charge is 0.352 e. The summed E-state index contributed by atoms with van der Waals surface area (Å²) in [4.78, 5) is 29.0. The highest BCUT2D eigenvalue weighted by molar-refractivity contribution is 9.10. The van der Waals surface area contributed by atoms with Crippen LogP contribution in [0.3, 0.4) is 0 Å². The molecule has 0 fully saturated rings. The molecule has 0 aromatic heterocycles. The Kier molecular flexibility index (Phi) is 10.7. The number of rotatable bonds is 12. The van der Waals surface area contributed by atoms with Crippen LogP contribution in [0.2, 0.25) is 0 Å². The van der Waals surface area contributed by atoms with Crippen LogP contribution >= 0.6 is 15.9 Å². The fraction of sp³-hybridized carbons (Fsp3) is 0.333. The van der Waals surface area contributed by atoms with Crippen molar-refractivity contribution in [3.05, 3.63) is 94.5 Å². The van der Waals surface area contributed by atoms with E-state index in [4.69, 9.17) is 0 Å². The summed E-state index contributed by atoms with van der Waals surface area (Å²) in [5, 5.41) is 2.99. The maximum atomic E-state index is 14.1. The van der Waals surface area contributed by atoms with Gasteiger partial charge in [-0.1, -0.05) is 72.2 Å². The number of benzene rings is 3. The van der Waals surface area contributed by atoms with Crippen LogP contribution in [0.5, 0.6) is 0 Å². The van der Waals surface area contributed by atoms with Gasteiger partial charge in [-0.25, -0.2) is 8.42 Å². The number of aryl methyl sites for hydroxylation is 1. The monoisotopic (exact) mass is 613 g/mol. The van der Waals surface area contributed by atoms with Crippen molar-refractivity contribution >= 4 is 43.5 Å². The molecule has 0 heterocycles. The normalized spacial score (nSPS) is 12.8. The van der Waals surface area contributed by atoms with Crippen molar-refractivity contribution in [3.63, 3.8) is 0 Å². The fourth-order valence-corrected chi connectivity index (χ4v) is 5.89. The first kappa shape index (κ1) is 30.4. The number of amides is 2. The Morgan fingerprint density at radius 2 is 1.51 bits per heavy atom. The molecule has 3 rings (SSSR count). The molecule has 1 N–H and O–H groups in total. The topological polar surface area (TPSA) is 86.8 Å². The summed E-state index contributed by atoms with van der Waals surface area (Å²) in [7, 11) is -4.08. The van der Waals surface area contributed by atoms with Crippen LogP contribution in [0, 0.1) is 6.92 Å². The zero-order chi connectivity index (χ0) is 28.6. The second kappa shape index (κ2) is 13.8. The van der Waals surface area contributed by atoms with Gasteiger partial charge in [0, 0.05) is 17.1 Å². The first-order chi connectivity index (χ1) is 18.6. The molecule has 9 heteroatoms. The first-order valence-corrected chi connectivity index (χ1v) is 15.3. The summed E-state index contributed by atoms with van der Waals surface area (Å²) < 4.78 is 29.5. The summed E-state index contributed by atoms with van der Waals surface area (Å²) in [5.74, 6) is -0.721. The quantitative estimate of drug-likeness (QED) is 0.285. The van der Waals surface area contributed by atoms with E-state index in [0.29, 0.717) is 12.1 Å². The van der Waals surface area contributed by atoms with E-state index in [-0.39, 0.29) is 23.4 Å². The van der Waals surface area contributed by atoms with Crippen molar-refractivity contribution in [3.8, 4) is 0 Å². The van der Waals surface area contributed by atoms with Gasteiger partial charge in [0.15, 0.2) is 0 Å². The zero-order valence-electron chi connectivity index (χ0n) is 22.8. The minimum atomic E-state index is -4.08. The molecule has 2 amide bonds. The van der Waals surface area contributed by atoms with Crippen molar-refractivity contribution < 1.29 is 18.0 Å². The summed E-state index contributed by atoms with van der Waals surface area (Å²) in [6.07, 6.45) is 1.13. The third-order valence-corrected chi connectivity index (χ3v) is 9.03. The van der Waals surface area contributed by atoms with E-state index in [0.717, 1.165) is 26.3 Å². The number of hydrogen-bond acceptors (Lipinski definition) is 4. The molecule has 0 unspecified atom stereocenters. The smallest absolute Gasteiger partial charge is 0.264 e. The Labute approximate surface area is 240 Å². The summed E-state index contributed by atoms with van der Waals surface area (Å²) in [6, 6.07) is 21.6. The van der Waals surface area contributed by atoms with E-state index >= 15 is 0 Å². The number of hydrogen-bond donors (Lipinski definition) is 1.